The molecule has 8 nitrogen and oxygen atoms in total. The van der Waals surface area contributed by atoms with Crippen molar-refractivity contribution in [2.75, 3.05) is 37.6 Å². The summed E-state index contributed by atoms with van der Waals surface area (Å²) in [5, 5.41) is 17.3. The number of halogens is 1. The van der Waals surface area contributed by atoms with Gasteiger partial charge >= 0.3 is 0 Å². The van der Waals surface area contributed by atoms with Gasteiger partial charge in [0.25, 0.3) is 0 Å². The Labute approximate surface area is 211 Å². The molecule has 35 heavy (non-hydrogen) atoms. The van der Waals surface area contributed by atoms with E-state index in [-0.39, 0.29) is 11.8 Å². The highest BCUT2D eigenvalue weighted by Crippen LogP contribution is 2.25. The highest BCUT2D eigenvalue weighted by molar-refractivity contribution is 6.30. The number of nitrogens with one attached hydrogen (secondary N) is 1. The largest absolute Gasteiger partial charge is 0.356 e. The number of piperidine rings is 2. The third-order valence-electron chi connectivity index (χ3n) is 7.40. The number of carbonyl (C=O) groups is 1. The van der Waals surface area contributed by atoms with E-state index in [0.717, 1.165) is 56.8 Å². The first kappa shape index (κ1) is 24.0. The minimum Gasteiger partial charge on any atom is -0.356 e. The zero-order valence-electron chi connectivity index (χ0n) is 20.4. The van der Waals surface area contributed by atoms with E-state index in [1.807, 2.05) is 36.4 Å². The molecule has 2 aromatic heterocycles. The topological polar surface area (TPSA) is 78.7 Å². The van der Waals surface area contributed by atoms with Crippen molar-refractivity contribution in [3.05, 3.63) is 41.4 Å². The molecule has 0 radical (unpaired) electrons. The Bertz CT molecular complexity index is 1140. The molecule has 0 aliphatic carbocycles. The number of nitrogens with zero attached hydrogens (tertiary/aromatic N) is 6. The van der Waals surface area contributed by atoms with Crippen LogP contribution < -0.4 is 10.2 Å². The summed E-state index contributed by atoms with van der Waals surface area (Å²) in [5.41, 5.74) is 1.61. The van der Waals surface area contributed by atoms with Gasteiger partial charge in [-0.05, 0) is 82.0 Å². The smallest absolute Gasteiger partial charge is 0.223 e. The molecule has 5 rings (SSSR count). The second-order valence-corrected chi connectivity index (χ2v) is 10.2. The van der Waals surface area contributed by atoms with Crippen molar-refractivity contribution in [1.29, 1.82) is 0 Å². The van der Waals surface area contributed by atoms with Crippen molar-refractivity contribution in [1.82, 2.24) is 30.0 Å². The monoisotopic (exact) mass is 495 g/mol. The molecule has 2 aliphatic rings. The molecule has 1 N–H and O–H groups in total. The van der Waals surface area contributed by atoms with E-state index in [0.29, 0.717) is 22.5 Å². The van der Waals surface area contributed by atoms with Crippen LogP contribution in [-0.4, -0.2) is 69.4 Å². The lowest BCUT2D eigenvalue weighted by Crippen LogP contribution is -2.42. The van der Waals surface area contributed by atoms with Crippen molar-refractivity contribution in [2.45, 2.75) is 51.5 Å². The molecule has 0 bridgehead atoms. The molecule has 0 spiro atoms. The van der Waals surface area contributed by atoms with Crippen LogP contribution in [0.1, 0.15) is 45.4 Å². The molecule has 1 atom stereocenters. The van der Waals surface area contributed by atoms with Gasteiger partial charge in [0.2, 0.25) is 5.91 Å². The van der Waals surface area contributed by atoms with E-state index in [4.69, 9.17) is 16.7 Å². The van der Waals surface area contributed by atoms with Crippen LogP contribution >= 0.6 is 11.6 Å². The first-order chi connectivity index (χ1) is 17.1. The zero-order chi connectivity index (χ0) is 24.2. The van der Waals surface area contributed by atoms with Crippen LogP contribution in [0.4, 0.5) is 5.82 Å². The van der Waals surface area contributed by atoms with Crippen molar-refractivity contribution in [2.24, 2.45) is 5.92 Å². The summed E-state index contributed by atoms with van der Waals surface area (Å²) >= 11 is 6.03. The summed E-state index contributed by atoms with van der Waals surface area (Å²) in [7, 11) is 0. The van der Waals surface area contributed by atoms with Gasteiger partial charge in [0.15, 0.2) is 11.5 Å². The molecular formula is C26H34ClN7O. The molecule has 4 heterocycles. The number of hydrogen-bond acceptors (Lipinski definition) is 6. The normalized spacial score (nSPS) is 19.8. The second-order valence-electron chi connectivity index (χ2n) is 9.78. The van der Waals surface area contributed by atoms with E-state index in [9.17, 15) is 4.79 Å². The predicted molar refractivity (Wildman–Crippen MR) is 139 cm³/mol. The average molecular weight is 496 g/mol. The van der Waals surface area contributed by atoms with Crippen LogP contribution in [-0.2, 0) is 4.79 Å². The maximum absolute atomic E-state index is 12.7. The molecule has 9 heteroatoms. The Balaban J connectivity index is 1.13. The lowest BCUT2D eigenvalue weighted by molar-refractivity contribution is -0.125. The Morgan fingerprint density at radius 3 is 2.60 bits per heavy atom. The van der Waals surface area contributed by atoms with Gasteiger partial charge < -0.3 is 15.1 Å². The van der Waals surface area contributed by atoms with Crippen LogP contribution in [0.2, 0.25) is 5.02 Å². The Kier molecular flexibility index (Phi) is 7.48. The highest BCUT2D eigenvalue weighted by Gasteiger charge is 2.26. The maximum atomic E-state index is 12.7. The van der Waals surface area contributed by atoms with Gasteiger partial charge in [-0.25, -0.2) is 0 Å². The fourth-order valence-corrected chi connectivity index (χ4v) is 5.35. The number of amides is 1. The lowest BCUT2D eigenvalue weighted by Gasteiger charge is -2.33. The molecule has 1 amide bonds. The van der Waals surface area contributed by atoms with E-state index in [2.05, 4.69) is 32.2 Å². The van der Waals surface area contributed by atoms with Crippen LogP contribution in [0.15, 0.2) is 36.4 Å². The van der Waals surface area contributed by atoms with Crippen LogP contribution in [0.25, 0.3) is 17.0 Å². The van der Waals surface area contributed by atoms with Gasteiger partial charge in [0, 0.05) is 48.7 Å². The van der Waals surface area contributed by atoms with Crippen LogP contribution in [0.3, 0.4) is 0 Å². The van der Waals surface area contributed by atoms with Crippen LogP contribution in [0, 0.1) is 5.92 Å². The summed E-state index contributed by atoms with van der Waals surface area (Å²) in [4.78, 5) is 17.5. The van der Waals surface area contributed by atoms with E-state index in [1.54, 1.807) is 4.52 Å². The molecule has 2 saturated heterocycles. The fourth-order valence-electron chi connectivity index (χ4n) is 5.23. The highest BCUT2D eigenvalue weighted by atomic mass is 35.5. The molecule has 2 aliphatic heterocycles. The first-order valence-corrected chi connectivity index (χ1v) is 13.2. The van der Waals surface area contributed by atoms with Crippen molar-refractivity contribution >= 4 is 29.0 Å². The summed E-state index contributed by atoms with van der Waals surface area (Å²) in [5.74, 6) is 1.83. The van der Waals surface area contributed by atoms with Gasteiger partial charge in [-0.3, -0.25) is 4.79 Å². The average Bonchev–Trinajstić information content (AvgIpc) is 3.31. The van der Waals surface area contributed by atoms with E-state index >= 15 is 0 Å². The number of anilines is 1. The molecule has 2 fully saturated rings. The summed E-state index contributed by atoms with van der Waals surface area (Å²) in [6.45, 7) is 6.97. The summed E-state index contributed by atoms with van der Waals surface area (Å²) < 4.78 is 1.78. The minimum atomic E-state index is 0.0726. The Morgan fingerprint density at radius 1 is 1.03 bits per heavy atom. The van der Waals surface area contributed by atoms with E-state index in [1.165, 1.54) is 25.8 Å². The minimum absolute atomic E-state index is 0.0726. The molecule has 1 aromatic carbocycles. The number of likely N-dealkylation sites (tertiary alicyclic amines) is 1. The van der Waals surface area contributed by atoms with Gasteiger partial charge in [0.05, 0.1) is 0 Å². The van der Waals surface area contributed by atoms with Gasteiger partial charge in [-0.2, -0.15) is 4.52 Å². The van der Waals surface area contributed by atoms with Gasteiger partial charge in [-0.15, -0.1) is 15.3 Å². The first-order valence-electron chi connectivity index (χ1n) is 12.8. The van der Waals surface area contributed by atoms with Crippen molar-refractivity contribution < 1.29 is 4.79 Å². The summed E-state index contributed by atoms with van der Waals surface area (Å²) in [6, 6.07) is 12.1. The summed E-state index contributed by atoms with van der Waals surface area (Å²) in [6.07, 6.45) is 6.64. The van der Waals surface area contributed by atoms with Gasteiger partial charge in [-0.1, -0.05) is 18.0 Å². The molecular weight excluding hydrogens is 462 g/mol. The second kappa shape index (κ2) is 10.9. The van der Waals surface area contributed by atoms with E-state index < -0.39 is 0 Å². The van der Waals surface area contributed by atoms with Crippen molar-refractivity contribution in [3.63, 3.8) is 0 Å². The Morgan fingerprint density at radius 2 is 1.83 bits per heavy atom. The lowest BCUT2D eigenvalue weighted by atomic mass is 9.96. The predicted octanol–water partition coefficient (Wildman–Crippen LogP) is 4.04. The standard InChI is InChI=1S/C26H34ClN7O/c1-19-5-2-3-15-32(19)16-4-14-28-26(35)21-12-17-33(18-13-21)24-11-10-23-29-30-25(34(23)31-24)20-6-8-22(27)9-7-20/h6-11,19,21H,2-5,12-18H2,1H3,(H,28,35)/t19-/m1/s1. The number of fused-ring (bicyclic) bond motifs is 1. The SMILES string of the molecule is C[C@@H]1CCCCN1CCCNC(=O)C1CCN(c2ccc3nnc(-c4ccc(Cl)cc4)n3n2)CC1. The third kappa shape index (κ3) is 5.59. The van der Waals surface area contributed by atoms with Crippen molar-refractivity contribution in [3.8, 4) is 11.4 Å². The number of aromatic nitrogens is 4. The quantitative estimate of drug-likeness (QED) is 0.498. The molecule has 0 unspecified atom stereocenters. The number of hydrogen-bond donors (Lipinski definition) is 1. The Hall–Kier alpha value is -2.71. The zero-order valence-corrected chi connectivity index (χ0v) is 21.1. The number of carbonyl (C=O) groups excluding carboxylic acids is 1. The fraction of sp³-hybridized carbons (Fsp3) is 0.538. The van der Waals surface area contributed by atoms with Gasteiger partial charge in [0.1, 0.15) is 5.82 Å². The third-order valence-corrected chi connectivity index (χ3v) is 7.65. The molecule has 3 aromatic rings. The molecule has 0 saturated carbocycles. The number of rotatable bonds is 7. The molecule has 186 valence electrons. The number of benzene rings is 1. The maximum Gasteiger partial charge on any atom is 0.223 e. The van der Waals surface area contributed by atoms with Crippen LogP contribution in [0.5, 0.6) is 0 Å².